The Labute approximate surface area is 163 Å². The number of carbonyl (C=O) groups is 1. The number of nitrogens with one attached hydrogen (secondary N) is 1. The third-order valence-corrected chi connectivity index (χ3v) is 4.94. The number of nitrogens with two attached hydrogens (primary N) is 1. The molecule has 0 atom stereocenters. The van der Waals surface area contributed by atoms with Gasteiger partial charge in [0.25, 0.3) is 5.91 Å². The van der Waals surface area contributed by atoms with Gasteiger partial charge in [0.05, 0.1) is 22.9 Å². The van der Waals surface area contributed by atoms with E-state index in [2.05, 4.69) is 21.4 Å². The minimum atomic E-state index is -0.472. The van der Waals surface area contributed by atoms with E-state index in [4.69, 9.17) is 11.0 Å². The third-order valence-electron chi connectivity index (χ3n) is 4.94. The van der Waals surface area contributed by atoms with E-state index in [0.29, 0.717) is 42.9 Å². The summed E-state index contributed by atoms with van der Waals surface area (Å²) in [5.41, 5.74) is 8.54. The number of fused-ring (bicyclic) bond motifs is 1. The molecule has 0 saturated carbocycles. The molecule has 3 N–H and O–H groups in total. The van der Waals surface area contributed by atoms with Crippen LogP contribution in [0.2, 0.25) is 0 Å². The summed E-state index contributed by atoms with van der Waals surface area (Å²) in [6, 6.07) is 10.7. The molecular formula is C19H19ClN6O. The van der Waals surface area contributed by atoms with Gasteiger partial charge in [-0.1, -0.05) is 0 Å². The number of piperidine rings is 1. The summed E-state index contributed by atoms with van der Waals surface area (Å²) < 4.78 is 0. The minimum absolute atomic E-state index is 0. The normalized spacial score (nSPS) is 17.0. The van der Waals surface area contributed by atoms with E-state index < -0.39 is 5.66 Å². The average molecular weight is 383 g/mol. The molecule has 2 aliphatic rings. The van der Waals surface area contributed by atoms with Crippen molar-refractivity contribution in [2.75, 3.05) is 18.4 Å². The summed E-state index contributed by atoms with van der Waals surface area (Å²) in [5, 5.41) is 12.3. The van der Waals surface area contributed by atoms with Crippen molar-refractivity contribution in [1.82, 2.24) is 9.88 Å². The maximum absolute atomic E-state index is 12.7. The summed E-state index contributed by atoms with van der Waals surface area (Å²) in [6.45, 7) is 1.17. The van der Waals surface area contributed by atoms with Gasteiger partial charge < -0.3 is 16.0 Å². The Balaban J connectivity index is 0.00000210. The van der Waals surface area contributed by atoms with Gasteiger partial charge in [0.15, 0.2) is 0 Å². The van der Waals surface area contributed by atoms with Crippen LogP contribution in [0.25, 0.3) is 0 Å². The van der Waals surface area contributed by atoms with Crippen molar-refractivity contribution in [2.24, 2.45) is 10.7 Å². The number of benzene rings is 1. The maximum Gasteiger partial charge on any atom is 0.253 e. The van der Waals surface area contributed by atoms with Crippen molar-refractivity contribution in [3.8, 4) is 6.07 Å². The summed E-state index contributed by atoms with van der Waals surface area (Å²) in [6.07, 6.45) is 4.79. The van der Waals surface area contributed by atoms with E-state index in [1.165, 1.54) is 0 Å². The first kappa shape index (κ1) is 18.7. The van der Waals surface area contributed by atoms with E-state index in [-0.39, 0.29) is 18.3 Å². The zero-order valence-corrected chi connectivity index (χ0v) is 15.4. The second-order valence-corrected chi connectivity index (χ2v) is 6.56. The highest BCUT2D eigenvalue weighted by Crippen LogP contribution is 2.33. The highest BCUT2D eigenvalue weighted by molar-refractivity contribution is 6.04. The first-order valence-corrected chi connectivity index (χ1v) is 8.48. The zero-order valence-electron chi connectivity index (χ0n) is 14.6. The molecule has 1 fully saturated rings. The number of likely N-dealkylation sites (tertiary alicyclic amines) is 1. The van der Waals surface area contributed by atoms with Crippen molar-refractivity contribution < 1.29 is 4.79 Å². The number of amides is 1. The molecule has 1 saturated heterocycles. The molecule has 0 aliphatic carbocycles. The molecule has 0 radical (unpaired) electrons. The fourth-order valence-electron chi connectivity index (χ4n) is 3.46. The Hall–Kier alpha value is -3.11. The molecule has 3 heterocycles. The zero-order chi connectivity index (χ0) is 18.1. The molecule has 1 spiro atoms. The monoisotopic (exact) mass is 382 g/mol. The number of pyridine rings is 1. The standard InChI is InChI=1S/C19H18N6O.ClH/c20-11-13-1-3-14(4-2-13)18(26)25-9-6-19(7-10-25)23-16-5-8-22-12-15(16)17(21)24-19;/h1-5,8,12,23H,6-7,9-10H2,(H2,21,24);1H. The molecule has 1 aromatic heterocycles. The SMILES string of the molecule is Cl.N#Cc1ccc(C(=O)N2CCC3(CC2)N=C(N)c2cnccc2N3)cc1. The lowest BCUT2D eigenvalue weighted by atomic mass is 9.93. The quantitative estimate of drug-likeness (QED) is 0.785. The lowest BCUT2D eigenvalue weighted by Gasteiger charge is -2.42. The van der Waals surface area contributed by atoms with Crippen LogP contribution in [0.15, 0.2) is 47.7 Å². The van der Waals surface area contributed by atoms with Crippen molar-refractivity contribution in [3.63, 3.8) is 0 Å². The number of nitrogens with zero attached hydrogens (tertiary/aromatic N) is 4. The molecule has 27 heavy (non-hydrogen) atoms. The van der Waals surface area contributed by atoms with Gasteiger partial charge in [0.2, 0.25) is 0 Å². The van der Waals surface area contributed by atoms with E-state index in [0.717, 1.165) is 11.3 Å². The topological polar surface area (TPSA) is 107 Å². The molecule has 2 aromatic rings. The van der Waals surface area contributed by atoms with Crippen molar-refractivity contribution >= 4 is 29.8 Å². The van der Waals surface area contributed by atoms with Gasteiger partial charge in [-0.05, 0) is 30.3 Å². The van der Waals surface area contributed by atoms with Crippen LogP contribution in [-0.4, -0.2) is 40.4 Å². The maximum atomic E-state index is 12.7. The number of anilines is 1. The number of halogens is 1. The summed E-state index contributed by atoms with van der Waals surface area (Å²) >= 11 is 0. The van der Waals surface area contributed by atoms with Crippen LogP contribution < -0.4 is 11.1 Å². The number of hydrogen-bond acceptors (Lipinski definition) is 6. The number of amidine groups is 1. The van der Waals surface area contributed by atoms with Crippen LogP contribution in [0.5, 0.6) is 0 Å². The van der Waals surface area contributed by atoms with Crippen molar-refractivity contribution in [1.29, 1.82) is 5.26 Å². The lowest BCUT2D eigenvalue weighted by molar-refractivity contribution is 0.0685. The number of aromatic nitrogens is 1. The largest absolute Gasteiger partial charge is 0.383 e. The second kappa shape index (κ2) is 7.25. The molecule has 0 bridgehead atoms. The molecule has 8 heteroatoms. The fourth-order valence-corrected chi connectivity index (χ4v) is 3.46. The van der Waals surface area contributed by atoms with Crippen LogP contribution in [0.3, 0.4) is 0 Å². The van der Waals surface area contributed by atoms with Crippen LogP contribution in [0.1, 0.15) is 34.3 Å². The van der Waals surface area contributed by atoms with Gasteiger partial charge in [0.1, 0.15) is 11.5 Å². The average Bonchev–Trinajstić information content (AvgIpc) is 2.68. The summed E-state index contributed by atoms with van der Waals surface area (Å²) in [5.74, 6) is 0.459. The van der Waals surface area contributed by atoms with E-state index in [1.54, 1.807) is 36.7 Å². The van der Waals surface area contributed by atoms with E-state index >= 15 is 0 Å². The molecule has 2 aliphatic heterocycles. The number of carbonyl (C=O) groups excluding carboxylic acids is 1. The Kier molecular flexibility index (Phi) is 5.02. The molecule has 1 amide bonds. The van der Waals surface area contributed by atoms with Crippen LogP contribution in [0.4, 0.5) is 5.69 Å². The van der Waals surface area contributed by atoms with Gasteiger partial charge in [-0.25, -0.2) is 4.99 Å². The summed E-state index contributed by atoms with van der Waals surface area (Å²) in [7, 11) is 0. The predicted molar refractivity (Wildman–Crippen MR) is 105 cm³/mol. The van der Waals surface area contributed by atoms with Gasteiger partial charge in [-0.2, -0.15) is 5.26 Å². The third kappa shape index (κ3) is 3.44. The molecule has 7 nitrogen and oxygen atoms in total. The Morgan fingerprint density at radius 2 is 1.93 bits per heavy atom. The first-order chi connectivity index (χ1) is 12.6. The Morgan fingerprint density at radius 1 is 1.22 bits per heavy atom. The van der Waals surface area contributed by atoms with Crippen LogP contribution >= 0.6 is 12.4 Å². The highest BCUT2D eigenvalue weighted by atomic mass is 35.5. The molecule has 1 aromatic carbocycles. The Bertz CT molecular complexity index is 926. The number of hydrogen-bond donors (Lipinski definition) is 2. The van der Waals surface area contributed by atoms with Crippen molar-refractivity contribution in [3.05, 3.63) is 59.4 Å². The van der Waals surface area contributed by atoms with Crippen LogP contribution in [-0.2, 0) is 0 Å². The number of aliphatic imine (C=N–C) groups is 1. The van der Waals surface area contributed by atoms with Gasteiger partial charge >= 0.3 is 0 Å². The van der Waals surface area contributed by atoms with E-state index in [9.17, 15) is 4.79 Å². The molecule has 138 valence electrons. The van der Waals surface area contributed by atoms with E-state index in [1.807, 2.05) is 11.0 Å². The minimum Gasteiger partial charge on any atom is -0.383 e. The van der Waals surface area contributed by atoms with Crippen molar-refractivity contribution in [2.45, 2.75) is 18.5 Å². The molecular weight excluding hydrogens is 364 g/mol. The second-order valence-electron chi connectivity index (χ2n) is 6.56. The first-order valence-electron chi connectivity index (χ1n) is 8.48. The number of rotatable bonds is 1. The van der Waals surface area contributed by atoms with Crippen LogP contribution in [0, 0.1) is 11.3 Å². The highest BCUT2D eigenvalue weighted by Gasteiger charge is 2.38. The smallest absolute Gasteiger partial charge is 0.253 e. The summed E-state index contributed by atoms with van der Waals surface area (Å²) in [4.78, 5) is 23.3. The fraction of sp³-hybridized carbons (Fsp3) is 0.263. The van der Waals surface area contributed by atoms with Gasteiger partial charge in [-0.15, -0.1) is 12.4 Å². The molecule has 4 rings (SSSR count). The van der Waals surface area contributed by atoms with Gasteiger partial charge in [0, 0.05) is 43.9 Å². The number of nitriles is 1. The Morgan fingerprint density at radius 3 is 2.59 bits per heavy atom. The predicted octanol–water partition coefficient (Wildman–Crippen LogP) is 2.14. The van der Waals surface area contributed by atoms with Gasteiger partial charge in [-0.3, -0.25) is 9.78 Å². The molecule has 0 unspecified atom stereocenters. The lowest BCUT2D eigenvalue weighted by Crippen LogP contribution is -2.52.